The van der Waals surface area contributed by atoms with E-state index in [1.807, 2.05) is 0 Å². The average Bonchev–Trinajstić information content (AvgIpc) is 2.73. The van der Waals surface area contributed by atoms with Crippen molar-refractivity contribution in [3.05, 3.63) is 24.0 Å². The fraction of sp³-hybridized carbons (Fsp3) is 0.455. The van der Waals surface area contributed by atoms with Gasteiger partial charge in [-0.1, -0.05) is 0 Å². The summed E-state index contributed by atoms with van der Waals surface area (Å²) in [5.41, 5.74) is 0.507. The van der Waals surface area contributed by atoms with E-state index in [2.05, 4.69) is 5.32 Å². The molecule has 2 N–H and O–H groups in total. The van der Waals surface area contributed by atoms with Gasteiger partial charge in [0.15, 0.2) is 0 Å². The summed E-state index contributed by atoms with van der Waals surface area (Å²) in [5.74, 6) is -1.20. The van der Waals surface area contributed by atoms with Crippen LogP contribution in [0.25, 0.3) is 0 Å². The Kier molecular flexibility index (Phi) is 5.22. The van der Waals surface area contributed by atoms with E-state index in [0.717, 1.165) is 0 Å². The third kappa shape index (κ3) is 4.28. The van der Waals surface area contributed by atoms with E-state index < -0.39 is 5.97 Å². The van der Waals surface area contributed by atoms with Crippen LogP contribution in [0.4, 0.5) is 0 Å². The summed E-state index contributed by atoms with van der Waals surface area (Å²) in [5, 5.41) is 11.0. The Morgan fingerprint density at radius 1 is 1.53 bits per heavy atom. The van der Waals surface area contributed by atoms with Crippen molar-refractivity contribution >= 4 is 11.9 Å². The van der Waals surface area contributed by atoms with Gasteiger partial charge in [0.1, 0.15) is 5.69 Å². The van der Waals surface area contributed by atoms with Crippen molar-refractivity contribution in [2.75, 3.05) is 20.3 Å². The lowest BCUT2D eigenvalue weighted by Crippen LogP contribution is -2.28. The molecule has 0 aliphatic rings. The smallest absolute Gasteiger partial charge is 0.305 e. The molecular formula is C11H16N2O4. The first kappa shape index (κ1) is 13.2. The van der Waals surface area contributed by atoms with Gasteiger partial charge in [-0.15, -0.1) is 0 Å². The highest BCUT2D eigenvalue weighted by Crippen LogP contribution is 2.02. The predicted molar refractivity (Wildman–Crippen MR) is 60.9 cm³/mol. The molecule has 0 unspecified atom stereocenters. The van der Waals surface area contributed by atoms with Gasteiger partial charge >= 0.3 is 5.97 Å². The summed E-state index contributed by atoms with van der Waals surface area (Å²) in [7, 11) is 1.59. The molecule has 0 aliphatic carbocycles. The van der Waals surface area contributed by atoms with Gasteiger partial charge in [0.2, 0.25) is 0 Å². The van der Waals surface area contributed by atoms with Gasteiger partial charge in [-0.05, 0) is 12.1 Å². The van der Waals surface area contributed by atoms with Crippen LogP contribution in [0.3, 0.4) is 0 Å². The summed E-state index contributed by atoms with van der Waals surface area (Å²) in [6, 6.07) is 3.45. The van der Waals surface area contributed by atoms with Crippen LogP contribution in [0, 0.1) is 0 Å². The number of carbonyl (C=O) groups excluding carboxylic acids is 1. The van der Waals surface area contributed by atoms with Crippen molar-refractivity contribution in [3.63, 3.8) is 0 Å². The fourth-order valence-corrected chi connectivity index (χ4v) is 1.38. The Hall–Kier alpha value is -1.82. The number of hydrogen-bond donors (Lipinski definition) is 2. The molecular weight excluding hydrogens is 224 g/mol. The van der Waals surface area contributed by atoms with Gasteiger partial charge in [0, 0.05) is 26.4 Å². The maximum absolute atomic E-state index is 11.7. The first-order valence-electron chi connectivity index (χ1n) is 5.29. The Labute approximate surface area is 99.2 Å². The predicted octanol–water partition coefficient (Wildman–Crippen LogP) is 0.339. The minimum atomic E-state index is -0.930. The van der Waals surface area contributed by atoms with Gasteiger partial charge in [-0.3, -0.25) is 9.59 Å². The van der Waals surface area contributed by atoms with Gasteiger partial charge in [-0.25, -0.2) is 0 Å². The summed E-state index contributed by atoms with van der Waals surface area (Å²) in [6.07, 6.45) is 1.70. The second-order valence-corrected chi connectivity index (χ2v) is 3.48. The lowest BCUT2D eigenvalue weighted by Gasteiger charge is -2.08. The number of nitrogens with zero attached hydrogens (tertiary/aromatic N) is 1. The number of methoxy groups -OCH3 is 1. The molecule has 0 saturated heterocycles. The molecule has 0 aromatic carbocycles. The van der Waals surface area contributed by atoms with E-state index in [1.54, 1.807) is 30.0 Å². The van der Waals surface area contributed by atoms with Crippen LogP contribution in [0.2, 0.25) is 0 Å². The molecule has 1 heterocycles. The average molecular weight is 240 g/mol. The van der Waals surface area contributed by atoms with Crippen LogP contribution >= 0.6 is 0 Å². The van der Waals surface area contributed by atoms with E-state index in [9.17, 15) is 9.59 Å². The topological polar surface area (TPSA) is 80.6 Å². The molecule has 0 bridgehead atoms. The number of rotatable bonds is 7. The quantitative estimate of drug-likeness (QED) is 0.720. The van der Waals surface area contributed by atoms with Gasteiger partial charge in [-0.2, -0.15) is 0 Å². The molecule has 1 aromatic rings. The number of aliphatic carboxylic acids is 1. The van der Waals surface area contributed by atoms with Crippen LogP contribution in [0.5, 0.6) is 0 Å². The zero-order chi connectivity index (χ0) is 12.7. The molecule has 1 rings (SSSR count). The Morgan fingerprint density at radius 2 is 2.29 bits per heavy atom. The number of hydrogen-bond acceptors (Lipinski definition) is 3. The second-order valence-electron chi connectivity index (χ2n) is 3.48. The third-order valence-corrected chi connectivity index (χ3v) is 2.22. The summed E-state index contributed by atoms with van der Waals surface area (Å²) < 4.78 is 6.70. The molecule has 94 valence electrons. The van der Waals surface area contributed by atoms with Gasteiger partial charge in [0.25, 0.3) is 5.91 Å². The summed E-state index contributed by atoms with van der Waals surface area (Å²) in [6.45, 7) is 1.24. The number of carboxylic acid groups (broad SMARTS) is 1. The fourth-order valence-electron chi connectivity index (χ4n) is 1.38. The van der Waals surface area contributed by atoms with Crippen molar-refractivity contribution in [1.82, 2.24) is 9.88 Å². The molecule has 0 aliphatic heterocycles. The van der Waals surface area contributed by atoms with E-state index >= 15 is 0 Å². The number of aromatic nitrogens is 1. The second kappa shape index (κ2) is 6.70. The van der Waals surface area contributed by atoms with Crippen molar-refractivity contribution < 1.29 is 19.4 Å². The first-order valence-corrected chi connectivity index (χ1v) is 5.29. The highest BCUT2D eigenvalue weighted by molar-refractivity contribution is 5.92. The van der Waals surface area contributed by atoms with Crippen molar-refractivity contribution in [2.24, 2.45) is 0 Å². The third-order valence-electron chi connectivity index (χ3n) is 2.22. The van der Waals surface area contributed by atoms with Crippen LogP contribution in [0.15, 0.2) is 18.3 Å². The lowest BCUT2D eigenvalue weighted by molar-refractivity contribution is -0.136. The SMILES string of the molecule is COCCn1cccc1C(=O)NCCC(=O)O. The standard InChI is InChI=1S/C11H16N2O4/c1-17-8-7-13-6-2-3-9(13)11(16)12-5-4-10(14)15/h2-3,6H,4-5,7-8H2,1H3,(H,12,16)(H,14,15). The maximum atomic E-state index is 11.7. The highest BCUT2D eigenvalue weighted by atomic mass is 16.5. The van der Waals surface area contributed by atoms with Crippen molar-refractivity contribution in [1.29, 1.82) is 0 Å². The monoisotopic (exact) mass is 240 g/mol. The Morgan fingerprint density at radius 3 is 2.94 bits per heavy atom. The van der Waals surface area contributed by atoms with Crippen molar-refractivity contribution in [3.8, 4) is 0 Å². The number of carbonyl (C=O) groups is 2. The molecule has 1 amide bonds. The molecule has 0 atom stereocenters. The molecule has 0 spiro atoms. The molecule has 6 nitrogen and oxygen atoms in total. The number of ether oxygens (including phenoxy) is 1. The normalized spacial score (nSPS) is 10.2. The molecule has 1 aromatic heterocycles. The van der Waals surface area contributed by atoms with Crippen molar-refractivity contribution in [2.45, 2.75) is 13.0 Å². The minimum absolute atomic E-state index is 0.0788. The molecule has 0 fully saturated rings. The Bertz CT molecular complexity index is 387. The lowest BCUT2D eigenvalue weighted by atomic mass is 10.3. The van der Waals surface area contributed by atoms with E-state index in [-0.39, 0.29) is 18.9 Å². The molecule has 0 saturated carbocycles. The van der Waals surface area contributed by atoms with Crippen LogP contribution < -0.4 is 5.32 Å². The molecule has 6 heteroatoms. The largest absolute Gasteiger partial charge is 0.481 e. The van der Waals surface area contributed by atoms with E-state index in [0.29, 0.717) is 18.8 Å². The van der Waals surface area contributed by atoms with Crippen LogP contribution in [0.1, 0.15) is 16.9 Å². The van der Waals surface area contributed by atoms with Gasteiger partial charge < -0.3 is 19.7 Å². The molecule has 17 heavy (non-hydrogen) atoms. The first-order chi connectivity index (χ1) is 8.15. The minimum Gasteiger partial charge on any atom is -0.481 e. The van der Waals surface area contributed by atoms with E-state index in [4.69, 9.17) is 9.84 Å². The summed E-state index contributed by atoms with van der Waals surface area (Å²) >= 11 is 0. The van der Waals surface area contributed by atoms with Gasteiger partial charge in [0.05, 0.1) is 13.0 Å². The number of amides is 1. The number of nitrogens with one attached hydrogen (secondary N) is 1. The van der Waals surface area contributed by atoms with Crippen LogP contribution in [-0.2, 0) is 16.1 Å². The highest BCUT2D eigenvalue weighted by Gasteiger charge is 2.10. The van der Waals surface area contributed by atoms with E-state index in [1.165, 1.54) is 0 Å². The zero-order valence-corrected chi connectivity index (χ0v) is 9.68. The van der Waals surface area contributed by atoms with Crippen LogP contribution in [-0.4, -0.2) is 41.8 Å². The Balaban J connectivity index is 2.50. The zero-order valence-electron chi connectivity index (χ0n) is 9.68. The summed E-state index contributed by atoms with van der Waals surface area (Å²) in [4.78, 5) is 22.0. The maximum Gasteiger partial charge on any atom is 0.305 e. The number of carboxylic acids is 1. The molecule has 0 radical (unpaired) electrons.